The molecule has 1 aromatic heterocycles. The molecule has 7 heteroatoms. The van der Waals surface area contributed by atoms with Crippen molar-refractivity contribution >= 4 is 11.8 Å². The van der Waals surface area contributed by atoms with Gasteiger partial charge in [-0.25, -0.2) is 0 Å². The number of likely N-dealkylation sites (tertiary alicyclic amines) is 1. The van der Waals surface area contributed by atoms with Crippen molar-refractivity contribution in [1.82, 2.24) is 14.7 Å². The summed E-state index contributed by atoms with van der Waals surface area (Å²) in [6.45, 7) is 3.51. The van der Waals surface area contributed by atoms with E-state index in [0.29, 0.717) is 19.7 Å². The first-order chi connectivity index (χ1) is 11.4. The van der Waals surface area contributed by atoms with Crippen molar-refractivity contribution in [2.75, 3.05) is 26.8 Å². The van der Waals surface area contributed by atoms with Crippen molar-refractivity contribution in [1.29, 1.82) is 0 Å². The van der Waals surface area contributed by atoms with E-state index < -0.39 is 0 Å². The Hall–Kier alpha value is -1.89. The van der Waals surface area contributed by atoms with Gasteiger partial charge in [0.1, 0.15) is 0 Å². The highest BCUT2D eigenvalue weighted by molar-refractivity contribution is 5.87. The molecule has 0 radical (unpaired) electrons. The maximum absolute atomic E-state index is 13.0. The van der Waals surface area contributed by atoms with E-state index in [9.17, 15) is 9.59 Å². The van der Waals surface area contributed by atoms with Crippen LogP contribution in [0.5, 0.6) is 0 Å². The number of carbonyl (C=O) groups excluding carboxylic acids is 2. The van der Waals surface area contributed by atoms with Gasteiger partial charge in [0.15, 0.2) is 0 Å². The third-order valence-electron chi connectivity index (χ3n) is 5.74. The van der Waals surface area contributed by atoms with Gasteiger partial charge in [-0.3, -0.25) is 14.3 Å². The molecule has 24 heavy (non-hydrogen) atoms. The van der Waals surface area contributed by atoms with Gasteiger partial charge in [-0.15, -0.1) is 0 Å². The first-order valence-electron chi connectivity index (χ1n) is 8.46. The van der Waals surface area contributed by atoms with E-state index in [0.717, 1.165) is 30.5 Å². The van der Waals surface area contributed by atoms with Gasteiger partial charge in [0, 0.05) is 45.5 Å². The fourth-order valence-corrected chi connectivity index (χ4v) is 3.81. The van der Waals surface area contributed by atoms with Crippen LogP contribution in [0.1, 0.15) is 36.4 Å². The lowest BCUT2D eigenvalue weighted by Gasteiger charge is -2.23. The molecule has 2 amide bonds. The van der Waals surface area contributed by atoms with Crippen LogP contribution >= 0.6 is 0 Å². The van der Waals surface area contributed by atoms with E-state index in [-0.39, 0.29) is 29.1 Å². The number of ether oxygens (including phenoxy) is 1. The van der Waals surface area contributed by atoms with Crippen molar-refractivity contribution in [3.63, 3.8) is 0 Å². The molecule has 2 N–H and O–H groups in total. The molecule has 1 saturated heterocycles. The molecule has 0 bridgehead atoms. The molecule has 1 aromatic rings. The second kappa shape index (κ2) is 6.20. The summed E-state index contributed by atoms with van der Waals surface area (Å²) in [7, 11) is 3.53. The summed E-state index contributed by atoms with van der Waals surface area (Å²) in [6, 6.07) is 0. The number of methoxy groups -OCH3 is 1. The van der Waals surface area contributed by atoms with Crippen LogP contribution in [0.3, 0.4) is 0 Å². The fourth-order valence-electron chi connectivity index (χ4n) is 3.81. The van der Waals surface area contributed by atoms with Gasteiger partial charge in [0.25, 0.3) is 0 Å². The average Bonchev–Trinajstić information content (AvgIpc) is 3.10. The minimum atomic E-state index is -0.352. The fraction of sp³-hybridized carbons (Fsp3) is 0.706. The summed E-state index contributed by atoms with van der Waals surface area (Å²) in [5.74, 6) is -0.622. The number of nitrogens with zero attached hydrogens (tertiary/aromatic N) is 3. The summed E-state index contributed by atoms with van der Waals surface area (Å²) in [5.41, 5.74) is 7.37. The highest BCUT2D eigenvalue weighted by atomic mass is 16.5. The number of carbonyl (C=O) groups is 2. The predicted octanol–water partition coefficient (Wildman–Crippen LogP) is 0.573. The van der Waals surface area contributed by atoms with Crippen LogP contribution in [0, 0.1) is 18.3 Å². The lowest BCUT2D eigenvalue weighted by Crippen LogP contribution is -2.37. The molecule has 1 aliphatic heterocycles. The lowest BCUT2D eigenvalue weighted by molar-refractivity contribution is -0.137. The highest BCUT2D eigenvalue weighted by Gasteiger charge is 2.53. The van der Waals surface area contributed by atoms with Gasteiger partial charge in [-0.1, -0.05) is 0 Å². The third-order valence-corrected chi connectivity index (χ3v) is 5.74. The van der Waals surface area contributed by atoms with Crippen molar-refractivity contribution in [3.8, 4) is 0 Å². The summed E-state index contributed by atoms with van der Waals surface area (Å²) < 4.78 is 6.93. The first-order valence-corrected chi connectivity index (χ1v) is 8.46. The van der Waals surface area contributed by atoms with Crippen LogP contribution in [0.4, 0.5) is 0 Å². The van der Waals surface area contributed by atoms with E-state index >= 15 is 0 Å². The van der Waals surface area contributed by atoms with Crippen LogP contribution in [0.25, 0.3) is 0 Å². The van der Waals surface area contributed by atoms with Gasteiger partial charge in [0.05, 0.1) is 17.5 Å². The second-order valence-electron chi connectivity index (χ2n) is 7.16. The maximum atomic E-state index is 13.0. The Labute approximate surface area is 142 Å². The molecule has 0 unspecified atom stereocenters. The Morgan fingerprint density at radius 1 is 1.42 bits per heavy atom. The Bertz CT molecular complexity index is 650. The predicted molar refractivity (Wildman–Crippen MR) is 88.1 cm³/mol. The quantitative estimate of drug-likeness (QED) is 0.823. The molecule has 2 heterocycles. The molecule has 1 saturated carbocycles. The van der Waals surface area contributed by atoms with Crippen molar-refractivity contribution in [3.05, 3.63) is 17.5 Å². The van der Waals surface area contributed by atoms with Gasteiger partial charge >= 0.3 is 0 Å². The van der Waals surface area contributed by atoms with Crippen LogP contribution in [-0.2, 0) is 21.4 Å². The Morgan fingerprint density at radius 2 is 2.12 bits per heavy atom. The Kier molecular flexibility index (Phi) is 4.38. The van der Waals surface area contributed by atoms with Gasteiger partial charge < -0.3 is 15.4 Å². The molecule has 1 aliphatic carbocycles. The number of rotatable bonds is 6. The number of primary amides is 1. The number of aryl methyl sites for hydroxylation is 1. The number of nitrogens with two attached hydrogens (primary N) is 1. The minimum absolute atomic E-state index is 0.0709. The number of hydrogen-bond donors (Lipinski definition) is 1. The number of amides is 2. The topological polar surface area (TPSA) is 90.4 Å². The SMILES string of the molecule is COCCC1(C(=O)N2C[C@H](C(N)=O)[C@@H](c3cnn(C)c3C)C2)CC1. The van der Waals surface area contributed by atoms with Gasteiger partial charge in [-0.2, -0.15) is 5.10 Å². The van der Waals surface area contributed by atoms with E-state index in [2.05, 4.69) is 5.10 Å². The minimum Gasteiger partial charge on any atom is -0.385 e. The first kappa shape index (κ1) is 17.0. The Balaban J connectivity index is 1.79. The maximum Gasteiger partial charge on any atom is 0.228 e. The van der Waals surface area contributed by atoms with Crippen LogP contribution in [0.2, 0.25) is 0 Å². The van der Waals surface area contributed by atoms with Gasteiger partial charge in [-0.05, 0) is 31.7 Å². The summed E-state index contributed by atoms with van der Waals surface area (Å²) in [5, 5.41) is 4.27. The molecular formula is C17H26N4O3. The van der Waals surface area contributed by atoms with E-state index in [1.165, 1.54) is 0 Å². The number of hydrogen-bond acceptors (Lipinski definition) is 4. The zero-order valence-electron chi connectivity index (χ0n) is 14.6. The average molecular weight is 334 g/mol. The molecule has 3 rings (SSSR count). The number of aromatic nitrogens is 2. The molecule has 2 fully saturated rings. The second-order valence-corrected chi connectivity index (χ2v) is 7.16. The standard InChI is InChI=1S/C17H26N4O3/c1-11-12(8-19-20(11)2)13-9-21(10-14(13)15(18)22)16(23)17(4-5-17)6-7-24-3/h8,13-14H,4-7,9-10H2,1-3H3,(H2,18,22)/t13-,14+/m1/s1. The molecule has 0 aromatic carbocycles. The summed E-state index contributed by atoms with van der Waals surface area (Å²) in [6.07, 6.45) is 4.35. The van der Waals surface area contributed by atoms with Crippen LogP contribution < -0.4 is 5.73 Å². The molecule has 0 spiro atoms. The van der Waals surface area contributed by atoms with E-state index in [4.69, 9.17) is 10.5 Å². The van der Waals surface area contributed by atoms with Crippen molar-refractivity contribution in [2.24, 2.45) is 24.1 Å². The molecular weight excluding hydrogens is 308 g/mol. The zero-order valence-corrected chi connectivity index (χ0v) is 14.6. The lowest BCUT2D eigenvalue weighted by atomic mass is 9.89. The molecule has 132 valence electrons. The smallest absolute Gasteiger partial charge is 0.228 e. The summed E-state index contributed by atoms with van der Waals surface area (Å²) in [4.78, 5) is 26.7. The van der Waals surface area contributed by atoms with Crippen molar-refractivity contribution < 1.29 is 14.3 Å². The largest absolute Gasteiger partial charge is 0.385 e. The third kappa shape index (κ3) is 2.81. The normalized spacial score (nSPS) is 25.0. The Morgan fingerprint density at radius 3 is 2.62 bits per heavy atom. The molecule has 2 aliphatic rings. The van der Waals surface area contributed by atoms with Crippen LogP contribution in [0.15, 0.2) is 6.20 Å². The highest BCUT2D eigenvalue weighted by Crippen LogP contribution is 2.51. The van der Waals surface area contributed by atoms with Gasteiger partial charge in [0.2, 0.25) is 11.8 Å². The molecule has 2 atom stereocenters. The van der Waals surface area contributed by atoms with E-state index in [1.54, 1.807) is 18.0 Å². The van der Waals surface area contributed by atoms with Crippen molar-refractivity contribution in [2.45, 2.75) is 32.1 Å². The molecule has 7 nitrogen and oxygen atoms in total. The van der Waals surface area contributed by atoms with Crippen LogP contribution in [-0.4, -0.2) is 53.3 Å². The monoisotopic (exact) mass is 334 g/mol. The zero-order chi connectivity index (χ0) is 17.5. The summed E-state index contributed by atoms with van der Waals surface area (Å²) >= 11 is 0. The van der Waals surface area contributed by atoms with E-state index in [1.807, 2.05) is 18.9 Å².